The van der Waals surface area contributed by atoms with E-state index in [1.807, 2.05) is 0 Å². The Morgan fingerprint density at radius 3 is 2.55 bits per heavy atom. The van der Waals surface area contributed by atoms with Crippen LogP contribution < -0.4 is 4.90 Å². The molecule has 1 saturated carbocycles. The van der Waals surface area contributed by atoms with Gasteiger partial charge in [-0.15, -0.1) is 0 Å². The van der Waals surface area contributed by atoms with Crippen molar-refractivity contribution in [1.82, 2.24) is 14.8 Å². The lowest BCUT2D eigenvalue weighted by Gasteiger charge is -2.44. The molecule has 0 amide bonds. The van der Waals surface area contributed by atoms with E-state index >= 15 is 0 Å². The quantitative estimate of drug-likeness (QED) is 0.822. The van der Waals surface area contributed by atoms with Crippen LogP contribution in [0.2, 0.25) is 0 Å². The van der Waals surface area contributed by atoms with Gasteiger partial charge >= 0.3 is 0 Å². The van der Waals surface area contributed by atoms with Gasteiger partial charge in [0.1, 0.15) is 11.9 Å². The molecular formula is C23H33N5O. The molecular weight excluding hydrogens is 362 g/mol. The molecule has 29 heavy (non-hydrogen) atoms. The Balaban J connectivity index is 1.33. The minimum atomic E-state index is -0.230. The maximum atomic E-state index is 10.9. The number of rotatable bonds is 2. The molecule has 0 radical (unpaired) electrons. The van der Waals surface area contributed by atoms with Crippen molar-refractivity contribution in [3.63, 3.8) is 0 Å². The Morgan fingerprint density at radius 2 is 1.79 bits per heavy atom. The summed E-state index contributed by atoms with van der Waals surface area (Å²) in [5, 5.41) is 20.7. The SMILES string of the molecule is CN1CCN([C@@H]2C[C@@H]3CN(c4nc5c(cc4C#N)CCCC5)C[C@@H]3C[C@H]2O)CC1. The van der Waals surface area contributed by atoms with Crippen LogP contribution in [0.5, 0.6) is 0 Å². The van der Waals surface area contributed by atoms with Crippen molar-refractivity contribution in [2.75, 3.05) is 51.2 Å². The Bertz CT molecular complexity index is 797. The summed E-state index contributed by atoms with van der Waals surface area (Å²) in [6.45, 7) is 6.20. The van der Waals surface area contributed by atoms with Crippen molar-refractivity contribution in [2.24, 2.45) is 11.8 Å². The maximum Gasteiger partial charge on any atom is 0.146 e. The molecule has 1 aromatic heterocycles. The van der Waals surface area contributed by atoms with Gasteiger partial charge in [-0.05, 0) is 69.0 Å². The monoisotopic (exact) mass is 395 g/mol. The number of nitriles is 1. The lowest BCUT2D eigenvalue weighted by Crippen LogP contribution is -2.55. The number of nitrogens with zero attached hydrogens (tertiary/aromatic N) is 5. The number of hydrogen-bond acceptors (Lipinski definition) is 6. The molecule has 3 heterocycles. The molecule has 2 aliphatic heterocycles. The van der Waals surface area contributed by atoms with Crippen molar-refractivity contribution < 1.29 is 5.11 Å². The number of aryl methyl sites for hydroxylation is 2. The zero-order chi connectivity index (χ0) is 20.0. The summed E-state index contributed by atoms with van der Waals surface area (Å²) in [6, 6.07) is 4.80. The topological polar surface area (TPSA) is 66.6 Å². The smallest absolute Gasteiger partial charge is 0.146 e. The number of aliphatic hydroxyl groups is 1. The molecule has 0 unspecified atom stereocenters. The van der Waals surface area contributed by atoms with Gasteiger partial charge in [0.2, 0.25) is 0 Å². The predicted octanol–water partition coefficient (Wildman–Crippen LogP) is 1.66. The van der Waals surface area contributed by atoms with Crippen LogP contribution in [0.3, 0.4) is 0 Å². The van der Waals surface area contributed by atoms with Gasteiger partial charge in [0, 0.05) is 51.0 Å². The Hall–Kier alpha value is -1.68. The van der Waals surface area contributed by atoms with Gasteiger partial charge in [-0.25, -0.2) is 4.98 Å². The van der Waals surface area contributed by atoms with E-state index in [-0.39, 0.29) is 12.1 Å². The van der Waals surface area contributed by atoms with Crippen molar-refractivity contribution in [3.8, 4) is 6.07 Å². The van der Waals surface area contributed by atoms with Gasteiger partial charge in [0.05, 0.1) is 11.7 Å². The van der Waals surface area contributed by atoms with E-state index in [0.717, 1.165) is 76.3 Å². The van der Waals surface area contributed by atoms with E-state index in [9.17, 15) is 10.4 Å². The summed E-state index contributed by atoms with van der Waals surface area (Å²) >= 11 is 0. The second-order valence-electron chi connectivity index (χ2n) is 9.65. The predicted molar refractivity (Wildman–Crippen MR) is 113 cm³/mol. The van der Waals surface area contributed by atoms with Crippen LogP contribution in [-0.4, -0.2) is 78.4 Å². The number of pyridine rings is 1. The number of likely N-dealkylation sites (N-methyl/N-ethyl adjacent to an activating group) is 1. The van der Waals surface area contributed by atoms with Crippen LogP contribution >= 0.6 is 0 Å². The number of aliphatic hydroxyl groups excluding tert-OH is 1. The fraction of sp³-hybridized carbons (Fsp3) is 0.739. The molecule has 0 bridgehead atoms. The van der Waals surface area contributed by atoms with Gasteiger partial charge in [-0.1, -0.05) is 0 Å². The second-order valence-corrected chi connectivity index (χ2v) is 9.65. The molecule has 156 valence electrons. The van der Waals surface area contributed by atoms with Crippen LogP contribution in [0, 0.1) is 23.2 Å². The van der Waals surface area contributed by atoms with E-state index in [1.165, 1.54) is 24.1 Å². The molecule has 6 heteroatoms. The van der Waals surface area contributed by atoms with Crippen molar-refractivity contribution in [2.45, 2.75) is 50.7 Å². The first-order chi connectivity index (χ1) is 14.1. The molecule has 2 saturated heterocycles. The summed E-state index contributed by atoms with van der Waals surface area (Å²) in [5.74, 6) is 2.00. The largest absolute Gasteiger partial charge is 0.391 e. The summed E-state index contributed by atoms with van der Waals surface area (Å²) < 4.78 is 0. The van der Waals surface area contributed by atoms with E-state index in [0.29, 0.717) is 11.8 Å². The molecule has 1 N–H and O–H groups in total. The van der Waals surface area contributed by atoms with Crippen LogP contribution in [-0.2, 0) is 12.8 Å². The fourth-order valence-corrected chi connectivity index (χ4v) is 6.07. The minimum Gasteiger partial charge on any atom is -0.391 e. The van der Waals surface area contributed by atoms with E-state index in [2.05, 4.69) is 33.9 Å². The van der Waals surface area contributed by atoms with Crippen molar-refractivity contribution >= 4 is 5.82 Å². The van der Waals surface area contributed by atoms with Gasteiger partial charge < -0.3 is 14.9 Å². The highest BCUT2D eigenvalue weighted by molar-refractivity contribution is 5.57. The Morgan fingerprint density at radius 1 is 1.07 bits per heavy atom. The number of aromatic nitrogens is 1. The molecule has 3 fully saturated rings. The zero-order valence-corrected chi connectivity index (χ0v) is 17.6. The Kier molecular flexibility index (Phi) is 5.23. The normalized spacial score (nSPS) is 33.2. The molecule has 6 nitrogen and oxygen atoms in total. The fourth-order valence-electron chi connectivity index (χ4n) is 6.07. The average molecular weight is 396 g/mol. The highest BCUT2D eigenvalue weighted by Gasteiger charge is 2.44. The van der Waals surface area contributed by atoms with Gasteiger partial charge in [-0.2, -0.15) is 5.26 Å². The van der Waals surface area contributed by atoms with Gasteiger partial charge in [0.25, 0.3) is 0 Å². The third-order valence-corrected chi connectivity index (χ3v) is 7.82. The molecule has 5 rings (SSSR count). The lowest BCUT2D eigenvalue weighted by atomic mass is 9.77. The third-order valence-electron chi connectivity index (χ3n) is 7.82. The molecule has 4 atom stereocenters. The number of piperazine rings is 1. The first-order valence-electron chi connectivity index (χ1n) is 11.4. The van der Waals surface area contributed by atoms with Crippen LogP contribution in [0.4, 0.5) is 5.82 Å². The highest BCUT2D eigenvalue weighted by atomic mass is 16.3. The van der Waals surface area contributed by atoms with Crippen LogP contribution in [0.15, 0.2) is 6.07 Å². The number of hydrogen-bond donors (Lipinski definition) is 1. The van der Waals surface area contributed by atoms with Crippen molar-refractivity contribution in [3.05, 3.63) is 22.9 Å². The molecule has 2 aliphatic carbocycles. The summed E-state index contributed by atoms with van der Waals surface area (Å²) in [6.07, 6.45) is 6.23. The lowest BCUT2D eigenvalue weighted by molar-refractivity contribution is -0.0249. The molecule has 4 aliphatic rings. The zero-order valence-electron chi connectivity index (χ0n) is 17.6. The standard InChI is InChI=1S/C23H33N5O/c1-26-6-8-27(9-7-26)21-11-18-14-28(15-19(18)12-22(21)29)23-17(13-24)10-16-4-2-3-5-20(16)25-23/h10,18-19,21-22,29H,2-9,11-12,14-15H2,1H3/t18-,19+,21-,22-/m1/s1. The van der Waals surface area contributed by atoms with E-state index < -0.39 is 0 Å². The minimum absolute atomic E-state index is 0.230. The summed E-state index contributed by atoms with van der Waals surface area (Å²) in [7, 11) is 2.18. The average Bonchev–Trinajstić information content (AvgIpc) is 3.15. The van der Waals surface area contributed by atoms with Crippen molar-refractivity contribution in [1.29, 1.82) is 5.26 Å². The first kappa shape index (κ1) is 19.3. The van der Waals surface area contributed by atoms with Gasteiger partial charge in [-0.3, -0.25) is 4.90 Å². The molecule has 1 aromatic rings. The van der Waals surface area contributed by atoms with E-state index in [4.69, 9.17) is 4.98 Å². The van der Waals surface area contributed by atoms with Gasteiger partial charge in [0.15, 0.2) is 0 Å². The van der Waals surface area contributed by atoms with Crippen LogP contribution in [0.25, 0.3) is 0 Å². The third kappa shape index (κ3) is 3.65. The van der Waals surface area contributed by atoms with E-state index in [1.54, 1.807) is 0 Å². The highest BCUT2D eigenvalue weighted by Crippen LogP contribution is 2.40. The molecule has 0 aromatic carbocycles. The number of anilines is 1. The maximum absolute atomic E-state index is 10.9. The number of fused-ring (bicyclic) bond motifs is 2. The van der Waals surface area contributed by atoms with Crippen LogP contribution in [0.1, 0.15) is 42.5 Å². The second kappa shape index (κ2) is 7.86. The summed E-state index contributed by atoms with van der Waals surface area (Å²) in [4.78, 5) is 12.2. The summed E-state index contributed by atoms with van der Waals surface area (Å²) in [5.41, 5.74) is 3.22. The molecule has 0 spiro atoms. The first-order valence-corrected chi connectivity index (χ1v) is 11.4. The Labute approximate surface area is 174 Å².